The lowest BCUT2D eigenvalue weighted by Gasteiger charge is -2.08. The number of methoxy groups -OCH3 is 1. The lowest BCUT2D eigenvalue weighted by molar-refractivity contribution is 0.400. The number of ether oxygens (including phenoxy) is 1. The third-order valence-electron chi connectivity index (χ3n) is 4.36. The lowest BCUT2D eigenvalue weighted by Crippen LogP contribution is -2.03. The first-order valence-electron chi connectivity index (χ1n) is 8.05. The van der Waals surface area contributed by atoms with Gasteiger partial charge in [-0.25, -0.2) is 22.7 Å². The molecule has 0 aliphatic carbocycles. The lowest BCUT2D eigenvalue weighted by atomic mass is 10.1. The number of aryl methyl sites for hydroxylation is 2. The first-order chi connectivity index (χ1) is 12.9. The van der Waals surface area contributed by atoms with Crippen LogP contribution in [0.4, 0.5) is 19.1 Å². The number of anilines is 1. The molecule has 140 valence electrons. The zero-order valence-electron chi connectivity index (χ0n) is 14.5. The molecule has 4 rings (SSSR count). The van der Waals surface area contributed by atoms with Gasteiger partial charge in [-0.05, 0) is 24.6 Å². The van der Waals surface area contributed by atoms with E-state index in [1.807, 2.05) is 0 Å². The minimum Gasteiger partial charge on any atom is -0.479 e. The highest BCUT2D eigenvalue weighted by atomic mass is 19.1. The summed E-state index contributed by atoms with van der Waals surface area (Å²) in [5, 5.41) is 3.93. The fourth-order valence-electron chi connectivity index (χ4n) is 3.26. The van der Waals surface area contributed by atoms with E-state index in [1.54, 1.807) is 17.6 Å². The molecule has 3 heterocycles. The van der Waals surface area contributed by atoms with Gasteiger partial charge in [-0.2, -0.15) is 4.98 Å². The fourth-order valence-corrected chi connectivity index (χ4v) is 3.26. The van der Waals surface area contributed by atoms with Crippen LogP contribution in [0.1, 0.15) is 5.82 Å². The topological polar surface area (TPSA) is 83.3 Å². The number of halogens is 3. The fraction of sp³-hybridized carbons (Fsp3) is 0.235. The molecule has 3 aromatic heterocycles. The summed E-state index contributed by atoms with van der Waals surface area (Å²) in [4.78, 5) is 8.09. The number of nitrogen functional groups attached to an aromatic ring is 1. The molecule has 10 heteroatoms. The number of aromatic nitrogens is 5. The molecule has 0 bridgehead atoms. The number of nitrogens with two attached hydrogens (primary N) is 1. The summed E-state index contributed by atoms with van der Waals surface area (Å²) >= 11 is 0. The van der Waals surface area contributed by atoms with Gasteiger partial charge in [-0.15, -0.1) is 5.10 Å². The van der Waals surface area contributed by atoms with Gasteiger partial charge in [-0.3, -0.25) is 0 Å². The zero-order valence-corrected chi connectivity index (χ0v) is 14.5. The summed E-state index contributed by atoms with van der Waals surface area (Å²) in [5.74, 6) is -0.873. The van der Waals surface area contributed by atoms with Gasteiger partial charge >= 0.3 is 0 Å². The minimum atomic E-state index is -0.653. The molecule has 0 fully saturated rings. The highest BCUT2D eigenvalue weighted by Gasteiger charge is 2.22. The van der Waals surface area contributed by atoms with Crippen LogP contribution in [0, 0.1) is 18.6 Å². The van der Waals surface area contributed by atoms with Gasteiger partial charge in [0.1, 0.15) is 23.5 Å². The van der Waals surface area contributed by atoms with E-state index in [0.29, 0.717) is 11.3 Å². The molecule has 7 nitrogen and oxygen atoms in total. The molecule has 27 heavy (non-hydrogen) atoms. The molecule has 4 aromatic rings. The molecule has 0 spiro atoms. The molecule has 0 atom stereocenters. The Kier molecular flexibility index (Phi) is 3.90. The summed E-state index contributed by atoms with van der Waals surface area (Å²) in [6, 6.07) is 2.73. The Morgan fingerprint density at radius 3 is 2.67 bits per heavy atom. The van der Waals surface area contributed by atoms with Crippen LogP contribution in [0.3, 0.4) is 0 Å². The predicted octanol–water partition coefficient (Wildman–Crippen LogP) is 2.89. The smallest absolute Gasteiger partial charge is 0.243 e. The van der Waals surface area contributed by atoms with Crippen molar-refractivity contribution in [1.82, 2.24) is 24.1 Å². The maximum Gasteiger partial charge on any atom is 0.243 e. The summed E-state index contributed by atoms with van der Waals surface area (Å²) in [6.07, 6.45) is 1.11. The molecule has 1 aromatic carbocycles. The number of alkyl halides is 1. The van der Waals surface area contributed by atoms with Crippen molar-refractivity contribution in [1.29, 1.82) is 0 Å². The molecule has 0 unspecified atom stereocenters. The Morgan fingerprint density at radius 1 is 1.19 bits per heavy atom. The third-order valence-corrected chi connectivity index (χ3v) is 4.36. The van der Waals surface area contributed by atoms with Gasteiger partial charge in [0.25, 0.3) is 0 Å². The maximum atomic E-state index is 14.7. The van der Waals surface area contributed by atoms with Crippen LogP contribution in [0.5, 0.6) is 5.88 Å². The summed E-state index contributed by atoms with van der Waals surface area (Å²) in [7, 11) is 1.36. The van der Waals surface area contributed by atoms with Crippen molar-refractivity contribution in [2.75, 3.05) is 19.5 Å². The second-order valence-corrected chi connectivity index (χ2v) is 5.95. The van der Waals surface area contributed by atoms with Crippen molar-refractivity contribution < 1.29 is 17.9 Å². The van der Waals surface area contributed by atoms with Gasteiger partial charge in [0.15, 0.2) is 11.6 Å². The second-order valence-electron chi connectivity index (χ2n) is 5.95. The van der Waals surface area contributed by atoms with Crippen LogP contribution in [0.15, 0.2) is 18.3 Å². The predicted molar refractivity (Wildman–Crippen MR) is 93.3 cm³/mol. The van der Waals surface area contributed by atoms with Crippen LogP contribution in [-0.2, 0) is 6.54 Å². The van der Waals surface area contributed by atoms with Crippen LogP contribution in [0.2, 0.25) is 0 Å². The van der Waals surface area contributed by atoms with Crippen molar-refractivity contribution in [2.45, 2.75) is 13.5 Å². The number of hydrogen-bond acceptors (Lipinski definition) is 5. The largest absolute Gasteiger partial charge is 0.479 e. The van der Waals surface area contributed by atoms with E-state index in [1.165, 1.54) is 17.7 Å². The van der Waals surface area contributed by atoms with E-state index in [4.69, 9.17) is 10.5 Å². The molecule has 0 saturated heterocycles. The van der Waals surface area contributed by atoms with Crippen LogP contribution in [-0.4, -0.2) is 37.9 Å². The van der Waals surface area contributed by atoms with Crippen LogP contribution < -0.4 is 10.5 Å². The Balaban J connectivity index is 2.05. The minimum absolute atomic E-state index is 0.0210. The number of hydrogen-bond donors (Lipinski definition) is 1. The van der Waals surface area contributed by atoms with Crippen molar-refractivity contribution in [3.8, 4) is 17.0 Å². The molecular weight excluding hydrogens is 361 g/mol. The number of nitrogens with zero attached hydrogens (tertiary/aromatic N) is 5. The molecule has 0 aliphatic rings. The SMILES string of the molecule is COc1nc(N)nn2cc(F)c(-c3cc(F)c4nc(C)n(CCF)c4c3)c12. The van der Waals surface area contributed by atoms with E-state index in [-0.39, 0.29) is 40.5 Å². The summed E-state index contributed by atoms with van der Waals surface area (Å²) < 4.78 is 50.2. The molecule has 0 amide bonds. The number of imidazole rings is 1. The number of benzene rings is 1. The molecule has 0 aliphatic heterocycles. The van der Waals surface area contributed by atoms with E-state index in [2.05, 4.69) is 15.1 Å². The van der Waals surface area contributed by atoms with Crippen molar-refractivity contribution in [3.05, 3.63) is 35.8 Å². The van der Waals surface area contributed by atoms with Gasteiger partial charge < -0.3 is 15.0 Å². The van der Waals surface area contributed by atoms with Crippen LogP contribution >= 0.6 is 0 Å². The Morgan fingerprint density at radius 2 is 1.96 bits per heavy atom. The first-order valence-corrected chi connectivity index (χ1v) is 8.05. The number of rotatable bonds is 4. The molecule has 2 N–H and O–H groups in total. The Bertz CT molecular complexity index is 1180. The number of fused-ring (bicyclic) bond motifs is 2. The van der Waals surface area contributed by atoms with Gasteiger partial charge in [0, 0.05) is 0 Å². The third kappa shape index (κ3) is 2.56. The zero-order chi connectivity index (χ0) is 19.3. The van der Waals surface area contributed by atoms with Crippen molar-refractivity contribution in [2.24, 2.45) is 0 Å². The van der Waals surface area contributed by atoms with Crippen molar-refractivity contribution in [3.63, 3.8) is 0 Å². The standard InChI is InChI=1S/C17H15F3N6O/c1-8-22-14-10(19)5-9(6-12(14)25(8)4-3-18)13-11(20)7-26-15(13)16(27-2)23-17(21)24-26/h5-7H,3-4H2,1-2H3,(H2,21,24). The Labute approximate surface area is 151 Å². The summed E-state index contributed by atoms with van der Waals surface area (Å²) in [6.45, 7) is 1.04. The van der Waals surface area contributed by atoms with E-state index in [0.717, 1.165) is 6.20 Å². The summed E-state index contributed by atoms with van der Waals surface area (Å²) in [5.41, 5.74) is 6.56. The second kappa shape index (κ2) is 6.15. The first kappa shape index (κ1) is 17.1. The highest BCUT2D eigenvalue weighted by Crippen LogP contribution is 2.36. The average Bonchev–Trinajstić information content (AvgIpc) is 3.11. The molecular formula is C17H15F3N6O. The van der Waals surface area contributed by atoms with Gasteiger partial charge in [0.05, 0.1) is 30.9 Å². The van der Waals surface area contributed by atoms with E-state index < -0.39 is 18.3 Å². The van der Waals surface area contributed by atoms with Gasteiger partial charge in [0.2, 0.25) is 11.8 Å². The normalized spacial score (nSPS) is 11.6. The van der Waals surface area contributed by atoms with E-state index >= 15 is 0 Å². The van der Waals surface area contributed by atoms with Gasteiger partial charge in [-0.1, -0.05) is 0 Å². The van der Waals surface area contributed by atoms with Crippen molar-refractivity contribution >= 4 is 22.5 Å². The average molecular weight is 376 g/mol. The molecule has 0 saturated carbocycles. The maximum absolute atomic E-state index is 14.7. The quantitative estimate of drug-likeness (QED) is 0.592. The van der Waals surface area contributed by atoms with E-state index in [9.17, 15) is 13.2 Å². The Hall–Kier alpha value is -3.30. The highest BCUT2D eigenvalue weighted by molar-refractivity contribution is 5.90. The van der Waals surface area contributed by atoms with Crippen LogP contribution in [0.25, 0.3) is 27.7 Å². The molecule has 0 radical (unpaired) electrons. The monoisotopic (exact) mass is 376 g/mol.